The lowest BCUT2D eigenvalue weighted by Gasteiger charge is -2.25. The lowest BCUT2D eigenvalue weighted by Crippen LogP contribution is -2.39. The number of fused-ring (bicyclic) bond motifs is 1. The van der Waals surface area contributed by atoms with E-state index >= 15 is 0 Å². The molecule has 0 unspecified atom stereocenters. The molecule has 0 saturated carbocycles. The van der Waals surface area contributed by atoms with E-state index in [-0.39, 0.29) is 18.2 Å². The second-order valence-electron chi connectivity index (χ2n) is 5.30. The van der Waals surface area contributed by atoms with Crippen molar-refractivity contribution in [2.45, 2.75) is 19.4 Å². The van der Waals surface area contributed by atoms with Gasteiger partial charge in [-0.25, -0.2) is 0 Å². The molecule has 0 saturated heterocycles. The predicted octanol–water partition coefficient (Wildman–Crippen LogP) is 3.49. The van der Waals surface area contributed by atoms with Crippen molar-refractivity contribution in [3.63, 3.8) is 0 Å². The first-order valence-corrected chi connectivity index (χ1v) is 7.95. The first-order chi connectivity index (χ1) is 11.0. The summed E-state index contributed by atoms with van der Waals surface area (Å²) in [5.41, 5.74) is 2.28. The molecule has 6 heteroatoms. The van der Waals surface area contributed by atoms with Crippen LogP contribution in [0, 0.1) is 6.92 Å². The van der Waals surface area contributed by atoms with E-state index in [1.165, 1.54) is 0 Å². The van der Waals surface area contributed by atoms with E-state index in [1.54, 1.807) is 12.1 Å². The number of anilines is 2. The number of nitrogens with one attached hydrogen (secondary N) is 2. The Morgan fingerprint density at radius 3 is 2.87 bits per heavy atom. The number of amides is 2. The van der Waals surface area contributed by atoms with Crippen molar-refractivity contribution in [1.29, 1.82) is 0 Å². The minimum Gasteiger partial charge on any atom is -0.478 e. The number of benzene rings is 2. The summed E-state index contributed by atoms with van der Waals surface area (Å²) in [5, 5.41) is 5.56. The molecule has 2 amide bonds. The Balaban J connectivity index is 1.67. The zero-order valence-electron chi connectivity index (χ0n) is 12.4. The van der Waals surface area contributed by atoms with Crippen molar-refractivity contribution in [3.05, 3.63) is 52.5 Å². The predicted molar refractivity (Wildman–Crippen MR) is 91.6 cm³/mol. The van der Waals surface area contributed by atoms with Crippen molar-refractivity contribution in [2.75, 3.05) is 10.6 Å². The van der Waals surface area contributed by atoms with Crippen molar-refractivity contribution in [2.24, 2.45) is 0 Å². The van der Waals surface area contributed by atoms with Gasteiger partial charge in [-0.3, -0.25) is 9.59 Å². The smallest absolute Gasteiger partial charge is 0.266 e. The van der Waals surface area contributed by atoms with Gasteiger partial charge in [0, 0.05) is 10.2 Å². The number of carbonyl (C=O) groups is 2. The van der Waals surface area contributed by atoms with Gasteiger partial charge in [0.15, 0.2) is 6.10 Å². The van der Waals surface area contributed by atoms with Crippen LogP contribution in [0.2, 0.25) is 0 Å². The van der Waals surface area contributed by atoms with E-state index in [2.05, 4.69) is 26.6 Å². The molecule has 1 aliphatic rings. The van der Waals surface area contributed by atoms with Crippen LogP contribution in [-0.2, 0) is 9.59 Å². The van der Waals surface area contributed by atoms with Crippen LogP contribution in [0.1, 0.15) is 12.0 Å². The standard InChI is InChI=1S/C17H15BrN2O3/c1-10-8-11(18)6-7-12(10)19-16(21)9-15-17(22)20-13-4-2-3-5-14(13)23-15/h2-8,15H,9H2,1H3,(H,19,21)(H,20,22)/t15-/m1/s1. The minimum atomic E-state index is -0.833. The second kappa shape index (κ2) is 6.42. The number of carbonyl (C=O) groups excluding carboxylic acids is 2. The topological polar surface area (TPSA) is 67.4 Å². The highest BCUT2D eigenvalue weighted by molar-refractivity contribution is 9.10. The summed E-state index contributed by atoms with van der Waals surface area (Å²) in [6.45, 7) is 1.90. The van der Waals surface area contributed by atoms with Crippen molar-refractivity contribution >= 4 is 39.1 Å². The maximum atomic E-state index is 12.2. The Kier molecular flexibility index (Phi) is 4.34. The molecule has 0 radical (unpaired) electrons. The van der Waals surface area contributed by atoms with E-state index in [0.717, 1.165) is 15.7 Å². The number of aryl methyl sites for hydroxylation is 1. The van der Waals surface area contributed by atoms with Gasteiger partial charge in [-0.15, -0.1) is 0 Å². The summed E-state index contributed by atoms with van der Waals surface area (Å²) in [7, 11) is 0. The van der Waals surface area contributed by atoms with Gasteiger partial charge in [0.1, 0.15) is 5.75 Å². The van der Waals surface area contributed by atoms with E-state index < -0.39 is 6.10 Å². The van der Waals surface area contributed by atoms with Gasteiger partial charge in [0.05, 0.1) is 12.1 Å². The quantitative estimate of drug-likeness (QED) is 0.863. The monoisotopic (exact) mass is 374 g/mol. The summed E-state index contributed by atoms with van der Waals surface area (Å²) in [4.78, 5) is 24.2. The lowest BCUT2D eigenvalue weighted by molar-refractivity contribution is -0.128. The maximum Gasteiger partial charge on any atom is 0.266 e. The Hall–Kier alpha value is -2.34. The molecule has 0 aromatic heterocycles. The molecule has 0 fully saturated rings. The number of ether oxygens (including phenoxy) is 1. The fourth-order valence-electron chi connectivity index (χ4n) is 2.36. The van der Waals surface area contributed by atoms with E-state index in [0.29, 0.717) is 11.4 Å². The molecule has 2 aromatic rings. The fourth-order valence-corrected chi connectivity index (χ4v) is 2.84. The van der Waals surface area contributed by atoms with Crippen LogP contribution in [0.5, 0.6) is 5.75 Å². The van der Waals surface area contributed by atoms with Gasteiger partial charge in [-0.1, -0.05) is 28.1 Å². The average Bonchev–Trinajstić information content (AvgIpc) is 2.51. The Labute approximate surface area is 142 Å². The number of hydrogen-bond donors (Lipinski definition) is 2. The van der Waals surface area contributed by atoms with Crippen molar-refractivity contribution in [1.82, 2.24) is 0 Å². The zero-order valence-corrected chi connectivity index (χ0v) is 14.0. The summed E-state index contributed by atoms with van der Waals surface area (Å²) in [6, 6.07) is 12.7. The Morgan fingerprint density at radius 2 is 2.09 bits per heavy atom. The van der Waals surface area contributed by atoms with Crippen LogP contribution in [0.3, 0.4) is 0 Å². The molecular formula is C17H15BrN2O3. The SMILES string of the molecule is Cc1cc(Br)ccc1NC(=O)C[C@H]1Oc2ccccc2NC1=O. The molecule has 23 heavy (non-hydrogen) atoms. The Bertz CT molecular complexity index is 776. The van der Waals surface area contributed by atoms with Crippen LogP contribution in [-0.4, -0.2) is 17.9 Å². The van der Waals surface area contributed by atoms with Gasteiger partial charge in [0.25, 0.3) is 5.91 Å². The molecule has 0 bridgehead atoms. The van der Waals surface area contributed by atoms with Crippen molar-refractivity contribution in [3.8, 4) is 5.75 Å². The number of para-hydroxylation sites is 2. The molecule has 2 N–H and O–H groups in total. The first kappa shape index (κ1) is 15.6. The van der Waals surface area contributed by atoms with Crippen LogP contribution in [0.4, 0.5) is 11.4 Å². The van der Waals surface area contributed by atoms with Gasteiger partial charge in [0.2, 0.25) is 5.91 Å². The van der Waals surface area contributed by atoms with E-state index in [9.17, 15) is 9.59 Å². The number of rotatable bonds is 3. The van der Waals surface area contributed by atoms with E-state index in [4.69, 9.17) is 4.74 Å². The molecule has 5 nitrogen and oxygen atoms in total. The van der Waals surface area contributed by atoms with Crippen LogP contribution < -0.4 is 15.4 Å². The Morgan fingerprint density at radius 1 is 1.30 bits per heavy atom. The summed E-state index contributed by atoms with van der Waals surface area (Å²) >= 11 is 3.38. The van der Waals surface area contributed by atoms with Crippen LogP contribution in [0.25, 0.3) is 0 Å². The largest absolute Gasteiger partial charge is 0.478 e. The molecule has 1 aliphatic heterocycles. The fraction of sp³-hybridized carbons (Fsp3) is 0.176. The summed E-state index contributed by atoms with van der Waals surface area (Å²) < 4.78 is 6.57. The molecule has 3 rings (SSSR count). The van der Waals surface area contributed by atoms with Gasteiger partial charge < -0.3 is 15.4 Å². The maximum absolute atomic E-state index is 12.2. The number of halogens is 1. The molecule has 118 valence electrons. The highest BCUT2D eigenvalue weighted by Crippen LogP contribution is 2.29. The third kappa shape index (κ3) is 3.53. The zero-order chi connectivity index (χ0) is 16.4. The van der Waals surface area contributed by atoms with Gasteiger partial charge in [-0.2, -0.15) is 0 Å². The third-order valence-corrected chi connectivity index (χ3v) is 4.03. The number of hydrogen-bond acceptors (Lipinski definition) is 3. The molecule has 0 aliphatic carbocycles. The highest BCUT2D eigenvalue weighted by atomic mass is 79.9. The normalized spacial score (nSPS) is 16.1. The molecule has 2 aromatic carbocycles. The summed E-state index contributed by atoms with van der Waals surface area (Å²) in [5.74, 6) is -0.00828. The summed E-state index contributed by atoms with van der Waals surface area (Å²) in [6.07, 6.45) is -0.879. The van der Waals surface area contributed by atoms with Crippen molar-refractivity contribution < 1.29 is 14.3 Å². The first-order valence-electron chi connectivity index (χ1n) is 7.15. The van der Waals surface area contributed by atoms with Crippen LogP contribution in [0.15, 0.2) is 46.9 Å². The second-order valence-corrected chi connectivity index (χ2v) is 6.22. The highest BCUT2D eigenvalue weighted by Gasteiger charge is 2.29. The van der Waals surface area contributed by atoms with Gasteiger partial charge in [-0.05, 0) is 42.8 Å². The molecule has 1 heterocycles. The lowest BCUT2D eigenvalue weighted by atomic mass is 10.1. The van der Waals surface area contributed by atoms with E-state index in [1.807, 2.05) is 37.3 Å². The van der Waals surface area contributed by atoms with Gasteiger partial charge >= 0.3 is 0 Å². The minimum absolute atomic E-state index is 0.0460. The average molecular weight is 375 g/mol. The van der Waals surface area contributed by atoms with Crippen LogP contribution >= 0.6 is 15.9 Å². The molecule has 0 spiro atoms. The molecule has 1 atom stereocenters. The molecular weight excluding hydrogens is 360 g/mol. The third-order valence-electron chi connectivity index (χ3n) is 3.54.